The molecule has 1 N–H and O–H groups in total. The molecule has 0 spiro atoms. The lowest BCUT2D eigenvalue weighted by Gasteiger charge is -2.17. The van der Waals surface area contributed by atoms with E-state index in [0.29, 0.717) is 17.3 Å². The fourth-order valence-corrected chi connectivity index (χ4v) is 2.71. The first-order chi connectivity index (χ1) is 10.4. The molecule has 2 aromatic carbocycles. The van der Waals surface area contributed by atoms with Gasteiger partial charge in [-0.25, -0.2) is 0 Å². The second-order valence-electron chi connectivity index (χ2n) is 5.70. The molecule has 0 unspecified atom stereocenters. The molecule has 2 rings (SSSR count). The lowest BCUT2D eigenvalue weighted by Crippen LogP contribution is -2.29. The van der Waals surface area contributed by atoms with Crippen LogP contribution in [0.25, 0.3) is 0 Å². The van der Waals surface area contributed by atoms with Gasteiger partial charge < -0.3 is 5.32 Å². The first-order valence-electron chi connectivity index (χ1n) is 7.24. The second kappa shape index (κ2) is 7.43. The van der Waals surface area contributed by atoms with Gasteiger partial charge in [0.2, 0.25) is 5.91 Å². The van der Waals surface area contributed by atoms with Crippen molar-refractivity contribution in [2.24, 2.45) is 0 Å². The van der Waals surface area contributed by atoms with E-state index in [1.165, 1.54) is 16.7 Å². The first kappa shape index (κ1) is 16.5. The summed E-state index contributed by atoms with van der Waals surface area (Å²) >= 11 is 6.04. The standard InChI is InChI=1S/C18H21ClN2O/c1-13-8-14(2)10-15(9-13)11-21(3)12-18(22)20-17-7-5-4-6-16(17)19/h4-10H,11-12H2,1-3H3,(H,20,22). The van der Waals surface area contributed by atoms with Crippen LogP contribution in [-0.4, -0.2) is 24.4 Å². The SMILES string of the molecule is Cc1cc(C)cc(CN(C)CC(=O)Nc2ccccc2Cl)c1. The number of halogens is 1. The maximum Gasteiger partial charge on any atom is 0.238 e. The number of rotatable bonds is 5. The fraction of sp³-hybridized carbons (Fsp3) is 0.278. The molecule has 0 saturated heterocycles. The van der Waals surface area contributed by atoms with Gasteiger partial charge in [0, 0.05) is 6.54 Å². The first-order valence-corrected chi connectivity index (χ1v) is 7.62. The van der Waals surface area contributed by atoms with Crippen molar-refractivity contribution < 1.29 is 4.79 Å². The number of carbonyl (C=O) groups excluding carboxylic acids is 1. The molecule has 0 aliphatic carbocycles. The Labute approximate surface area is 136 Å². The number of aryl methyl sites for hydroxylation is 2. The Morgan fingerprint density at radius 2 is 1.77 bits per heavy atom. The number of likely N-dealkylation sites (N-methyl/N-ethyl adjacent to an activating group) is 1. The van der Waals surface area contributed by atoms with E-state index in [9.17, 15) is 4.79 Å². The summed E-state index contributed by atoms with van der Waals surface area (Å²) in [6.07, 6.45) is 0. The van der Waals surface area contributed by atoms with Crippen LogP contribution in [0.15, 0.2) is 42.5 Å². The van der Waals surface area contributed by atoms with Gasteiger partial charge in [0.05, 0.1) is 17.3 Å². The topological polar surface area (TPSA) is 32.3 Å². The van der Waals surface area contributed by atoms with Crippen LogP contribution in [-0.2, 0) is 11.3 Å². The van der Waals surface area contributed by atoms with E-state index in [1.54, 1.807) is 12.1 Å². The van der Waals surface area contributed by atoms with Crippen LogP contribution < -0.4 is 5.32 Å². The molecule has 0 fully saturated rings. The molecule has 0 saturated carbocycles. The van der Waals surface area contributed by atoms with Crippen molar-refractivity contribution in [1.29, 1.82) is 0 Å². The molecule has 2 aromatic rings. The minimum Gasteiger partial charge on any atom is -0.324 e. The third kappa shape index (κ3) is 4.86. The number of nitrogens with zero attached hydrogens (tertiary/aromatic N) is 1. The molecule has 1 amide bonds. The summed E-state index contributed by atoms with van der Waals surface area (Å²) in [7, 11) is 1.93. The van der Waals surface area contributed by atoms with Crippen LogP contribution in [0.2, 0.25) is 5.02 Å². The van der Waals surface area contributed by atoms with E-state index in [-0.39, 0.29) is 5.91 Å². The highest BCUT2D eigenvalue weighted by atomic mass is 35.5. The van der Waals surface area contributed by atoms with Crippen molar-refractivity contribution >= 4 is 23.2 Å². The number of carbonyl (C=O) groups is 1. The molecule has 0 bridgehead atoms. The smallest absolute Gasteiger partial charge is 0.238 e. The third-order valence-corrected chi connectivity index (χ3v) is 3.63. The van der Waals surface area contributed by atoms with Gasteiger partial charge in [-0.3, -0.25) is 9.69 Å². The largest absolute Gasteiger partial charge is 0.324 e. The molecular formula is C18H21ClN2O. The lowest BCUT2D eigenvalue weighted by atomic mass is 10.1. The summed E-state index contributed by atoms with van der Waals surface area (Å²) in [4.78, 5) is 14.1. The molecular weight excluding hydrogens is 296 g/mol. The number of benzene rings is 2. The Morgan fingerprint density at radius 3 is 2.41 bits per heavy atom. The number of para-hydroxylation sites is 1. The molecule has 0 aliphatic rings. The van der Waals surface area contributed by atoms with Gasteiger partial charge in [-0.1, -0.05) is 53.1 Å². The van der Waals surface area contributed by atoms with Crippen LogP contribution in [0.1, 0.15) is 16.7 Å². The summed E-state index contributed by atoms with van der Waals surface area (Å²) in [5.74, 6) is -0.0695. The molecule has 4 heteroatoms. The zero-order valence-corrected chi connectivity index (χ0v) is 13.9. The van der Waals surface area contributed by atoms with Crippen LogP contribution in [0.5, 0.6) is 0 Å². The summed E-state index contributed by atoms with van der Waals surface area (Å²) in [6, 6.07) is 13.7. The highest BCUT2D eigenvalue weighted by Gasteiger charge is 2.09. The predicted molar refractivity (Wildman–Crippen MR) is 92.3 cm³/mol. The van der Waals surface area contributed by atoms with Crippen molar-refractivity contribution in [2.75, 3.05) is 18.9 Å². The van der Waals surface area contributed by atoms with Crippen LogP contribution in [0.3, 0.4) is 0 Å². The van der Waals surface area contributed by atoms with E-state index in [4.69, 9.17) is 11.6 Å². The highest BCUT2D eigenvalue weighted by Crippen LogP contribution is 2.20. The molecule has 0 heterocycles. The Balaban J connectivity index is 1.92. The minimum absolute atomic E-state index is 0.0695. The van der Waals surface area contributed by atoms with E-state index in [0.717, 1.165) is 6.54 Å². The average Bonchev–Trinajstić information content (AvgIpc) is 2.39. The molecule has 0 aliphatic heterocycles. The highest BCUT2D eigenvalue weighted by molar-refractivity contribution is 6.33. The van der Waals surface area contributed by atoms with Crippen molar-refractivity contribution in [2.45, 2.75) is 20.4 Å². The van der Waals surface area contributed by atoms with E-state index in [1.807, 2.05) is 24.1 Å². The van der Waals surface area contributed by atoms with Gasteiger partial charge in [-0.05, 0) is 38.6 Å². The van der Waals surface area contributed by atoms with Crippen molar-refractivity contribution in [3.05, 3.63) is 64.2 Å². The van der Waals surface area contributed by atoms with Crippen molar-refractivity contribution in [3.8, 4) is 0 Å². The third-order valence-electron chi connectivity index (χ3n) is 3.30. The number of amides is 1. The number of anilines is 1. The van der Waals surface area contributed by atoms with Gasteiger partial charge in [0.1, 0.15) is 0 Å². The molecule has 0 radical (unpaired) electrons. The maximum absolute atomic E-state index is 12.1. The van der Waals surface area contributed by atoms with E-state index < -0.39 is 0 Å². The second-order valence-corrected chi connectivity index (χ2v) is 6.10. The number of hydrogen-bond donors (Lipinski definition) is 1. The van der Waals surface area contributed by atoms with Gasteiger partial charge in [-0.15, -0.1) is 0 Å². The molecule has 0 aromatic heterocycles. The molecule has 0 atom stereocenters. The Bertz CT molecular complexity index is 650. The normalized spacial score (nSPS) is 10.8. The van der Waals surface area contributed by atoms with Gasteiger partial charge in [0.15, 0.2) is 0 Å². The Hall–Kier alpha value is -1.84. The quantitative estimate of drug-likeness (QED) is 0.903. The molecule has 22 heavy (non-hydrogen) atoms. The van der Waals surface area contributed by atoms with E-state index >= 15 is 0 Å². The number of hydrogen-bond acceptors (Lipinski definition) is 2. The predicted octanol–water partition coefficient (Wildman–Crippen LogP) is 4.03. The maximum atomic E-state index is 12.1. The Kier molecular flexibility index (Phi) is 5.58. The van der Waals surface area contributed by atoms with Crippen molar-refractivity contribution in [1.82, 2.24) is 4.90 Å². The summed E-state index contributed by atoms with van der Waals surface area (Å²) in [5.41, 5.74) is 4.34. The minimum atomic E-state index is -0.0695. The summed E-state index contributed by atoms with van der Waals surface area (Å²) < 4.78 is 0. The number of nitrogens with one attached hydrogen (secondary N) is 1. The van der Waals surface area contributed by atoms with Crippen molar-refractivity contribution in [3.63, 3.8) is 0 Å². The van der Waals surface area contributed by atoms with E-state index in [2.05, 4.69) is 37.4 Å². The average molecular weight is 317 g/mol. The lowest BCUT2D eigenvalue weighted by molar-refractivity contribution is -0.117. The summed E-state index contributed by atoms with van der Waals surface area (Å²) in [6.45, 7) is 5.22. The van der Waals surface area contributed by atoms with Crippen LogP contribution in [0.4, 0.5) is 5.69 Å². The van der Waals surface area contributed by atoms with Crippen LogP contribution in [0, 0.1) is 13.8 Å². The summed E-state index contributed by atoms with van der Waals surface area (Å²) in [5, 5.41) is 3.39. The Morgan fingerprint density at radius 1 is 1.14 bits per heavy atom. The fourth-order valence-electron chi connectivity index (χ4n) is 2.53. The van der Waals surface area contributed by atoms with Gasteiger partial charge >= 0.3 is 0 Å². The molecule has 116 valence electrons. The monoisotopic (exact) mass is 316 g/mol. The zero-order chi connectivity index (χ0) is 16.1. The van der Waals surface area contributed by atoms with Gasteiger partial charge in [0.25, 0.3) is 0 Å². The van der Waals surface area contributed by atoms with Gasteiger partial charge in [-0.2, -0.15) is 0 Å². The van der Waals surface area contributed by atoms with Crippen LogP contribution >= 0.6 is 11.6 Å². The zero-order valence-electron chi connectivity index (χ0n) is 13.2. The molecule has 3 nitrogen and oxygen atoms in total.